The summed E-state index contributed by atoms with van der Waals surface area (Å²) in [6.45, 7) is 0. The van der Waals surface area contributed by atoms with Crippen LogP contribution in [0.3, 0.4) is 0 Å². The second-order valence-corrected chi connectivity index (χ2v) is 6.01. The van der Waals surface area contributed by atoms with Gasteiger partial charge in [-0.1, -0.05) is 11.6 Å². The van der Waals surface area contributed by atoms with Gasteiger partial charge in [-0.2, -0.15) is 0 Å². The van der Waals surface area contributed by atoms with Gasteiger partial charge in [-0.25, -0.2) is 9.37 Å². The highest BCUT2D eigenvalue weighted by molar-refractivity contribution is 7.11. The minimum Gasteiger partial charge on any atom is -0.318 e. The molecule has 1 heterocycles. The third-order valence-corrected chi connectivity index (χ3v) is 4.58. The second kappa shape index (κ2) is 4.61. The minimum absolute atomic E-state index is 0.364. The van der Waals surface area contributed by atoms with E-state index in [-0.39, 0.29) is 5.82 Å². The molecule has 0 radical (unpaired) electrons. The molecule has 1 aliphatic carbocycles. The molecular weight excluding hydrogens is 271 g/mol. The zero-order valence-corrected chi connectivity index (χ0v) is 11.2. The predicted molar refractivity (Wildman–Crippen MR) is 71.6 cm³/mol. The predicted octanol–water partition coefficient (Wildman–Crippen LogP) is 3.47. The van der Waals surface area contributed by atoms with Crippen molar-refractivity contribution in [3.8, 4) is 0 Å². The third kappa shape index (κ3) is 2.16. The zero-order chi connectivity index (χ0) is 12.7. The lowest BCUT2D eigenvalue weighted by molar-refractivity contribution is 0.623. The van der Waals surface area contributed by atoms with Crippen LogP contribution in [0.1, 0.15) is 33.6 Å². The molecule has 1 aliphatic rings. The van der Waals surface area contributed by atoms with Crippen LogP contribution >= 0.6 is 22.9 Å². The number of halogens is 2. The number of aryl methyl sites for hydroxylation is 2. The van der Waals surface area contributed by atoms with Crippen molar-refractivity contribution in [2.24, 2.45) is 5.73 Å². The van der Waals surface area contributed by atoms with Crippen molar-refractivity contribution in [1.29, 1.82) is 0 Å². The van der Waals surface area contributed by atoms with Gasteiger partial charge in [0, 0.05) is 9.90 Å². The number of nitrogens with zero attached hydrogens (tertiary/aromatic N) is 1. The molecule has 1 atom stereocenters. The zero-order valence-electron chi connectivity index (χ0n) is 9.62. The number of aromatic nitrogens is 1. The normalized spacial score (nSPS) is 15.7. The Morgan fingerprint density at radius 2 is 2.17 bits per heavy atom. The Labute approximate surface area is 114 Å². The van der Waals surface area contributed by atoms with E-state index in [4.69, 9.17) is 17.3 Å². The standard InChI is InChI=1S/C13H12ClFN2S/c14-8-4-7(5-9(15)6-8)12(16)13-17-10-2-1-3-11(10)18-13/h4-6,12H,1-3,16H2. The van der Waals surface area contributed by atoms with Crippen molar-refractivity contribution in [2.75, 3.05) is 0 Å². The number of rotatable bonds is 2. The molecule has 1 unspecified atom stereocenters. The average Bonchev–Trinajstić information content (AvgIpc) is 2.86. The first kappa shape index (κ1) is 12.1. The molecule has 0 fully saturated rings. The second-order valence-electron chi connectivity index (χ2n) is 4.46. The van der Waals surface area contributed by atoms with Crippen LogP contribution in [0.15, 0.2) is 18.2 Å². The monoisotopic (exact) mass is 282 g/mol. The highest BCUT2D eigenvalue weighted by Gasteiger charge is 2.21. The maximum atomic E-state index is 13.3. The first-order chi connectivity index (χ1) is 8.63. The number of hydrogen-bond acceptors (Lipinski definition) is 3. The Bertz CT molecular complexity index is 555. The van der Waals surface area contributed by atoms with E-state index in [1.165, 1.54) is 23.4 Å². The van der Waals surface area contributed by atoms with Gasteiger partial charge in [0.05, 0.1) is 11.7 Å². The lowest BCUT2D eigenvalue weighted by atomic mass is 10.1. The first-order valence-corrected chi connectivity index (χ1v) is 7.03. The molecule has 94 valence electrons. The summed E-state index contributed by atoms with van der Waals surface area (Å²) >= 11 is 7.48. The first-order valence-electron chi connectivity index (χ1n) is 5.83. The Morgan fingerprint density at radius 1 is 1.33 bits per heavy atom. The summed E-state index contributed by atoms with van der Waals surface area (Å²) < 4.78 is 13.3. The highest BCUT2D eigenvalue weighted by atomic mass is 35.5. The topological polar surface area (TPSA) is 38.9 Å². The minimum atomic E-state index is -0.395. The van der Waals surface area contributed by atoms with E-state index in [0.29, 0.717) is 10.6 Å². The van der Waals surface area contributed by atoms with Crippen LogP contribution in [-0.4, -0.2) is 4.98 Å². The molecule has 2 aromatic rings. The van der Waals surface area contributed by atoms with Gasteiger partial charge in [0.1, 0.15) is 10.8 Å². The van der Waals surface area contributed by atoms with Gasteiger partial charge >= 0.3 is 0 Å². The van der Waals surface area contributed by atoms with Crippen LogP contribution in [0.2, 0.25) is 5.02 Å². The third-order valence-electron chi connectivity index (χ3n) is 3.12. The van der Waals surface area contributed by atoms with E-state index in [0.717, 1.165) is 23.5 Å². The molecule has 0 spiro atoms. The van der Waals surface area contributed by atoms with Crippen molar-refractivity contribution < 1.29 is 4.39 Å². The average molecular weight is 283 g/mol. The van der Waals surface area contributed by atoms with Crippen LogP contribution in [0.5, 0.6) is 0 Å². The molecule has 18 heavy (non-hydrogen) atoms. The Hall–Kier alpha value is -0.970. The number of nitrogens with two attached hydrogens (primary N) is 1. The molecule has 5 heteroatoms. The Balaban J connectivity index is 1.95. The Morgan fingerprint density at radius 3 is 2.89 bits per heavy atom. The SMILES string of the molecule is NC(c1cc(F)cc(Cl)c1)c1nc2c(s1)CCC2. The quantitative estimate of drug-likeness (QED) is 0.916. The Kier molecular flexibility index (Phi) is 3.09. The smallest absolute Gasteiger partial charge is 0.125 e. The number of thiazole rings is 1. The van der Waals surface area contributed by atoms with Crippen LogP contribution in [0, 0.1) is 5.82 Å². The summed E-state index contributed by atoms with van der Waals surface area (Å²) in [6.07, 6.45) is 3.29. The van der Waals surface area contributed by atoms with Gasteiger partial charge in [0.15, 0.2) is 0 Å². The van der Waals surface area contributed by atoms with Gasteiger partial charge < -0.3 is 5.73 Å². The molecule has 0 saturated heterocycles. The number of benzene rings is 1. The molecule has 0 amide bonds. The summed E-state index contributed by atoms with van der Waals surface area (Å²) in [4.78, 5) is 5.88. The van der Waals surface area contributed by atoms with Crippen molar-refractivity contribution in [3.05, 3.63) is 50.2 Å². The molecule has 0 aliphatic heterocycles. The largest absolute Gasteiger partial charge is 0.318 e. The highest BCUT2D eigenvalue weighted by Crippen LogP contribution is 2.32. The van der Waals surface area contributed by atoms with E-state index in [2.05, 4.69) is 4.98 Å². The van der Waals surface area contributed by atoms with E-state index in [9.17, 15) is 4.39 Å². The van der Waals surface area contributed by atoms with Crippen molar-refractivity contribution in [2.45, 2.75) is 25.3 Å². The molecule has 2 nitrogen and oxygen atoms in total. The maximum absolute atomic E-state index is 13.3. The molecule has 1 aromatic carbocycles. The van der Waals surface area contributed by atoms with Crippen LogP contribution in [-0.2, 0) is 12.8 Å². The molecule has 0 saturated carbocycles. The van der Waals surface area contributed by atoms with Crippen LogP contribution in [0.25, 0.3) is 0 Å². The number of fused-ring (bicyclic) bond motifs is 1. The van der Waals surface area contributed by atoms with Gasteiger partial charge in [-0.3, -0.25) is 0 Å². The van der Waals surface area contributed by atoms with Crippen molar-refractivity contribution in [3.63, 3.8) is 0 Å². The fraction of sp³-hybridized carbons (Fsp3) is 0.308. The lowest BCUT2D eigenvalue weighted by Gasteiger charge is -2.09. The van der Waals surface area contributed by atoms with E-state index in [1.54, 1.807) is 17.4 Å². The van der Waals surface area contributed by atoms with Crippen molar-refractivity contribution in [1.82, 2.24) is 4.98 Å². The summed E-state index contributed by atoms with van der Waals surface area (Å²) in [5.41, 5.74) is 7.97. The summed E-state index contributed by atoms with van der Waals surface area (Å²) in [5.74, 6) is -0.364. The number of hydrogen-bond donors (Lipinski definition) is 1. The van der Waals surface area contributed by atoms with Gasteiger partial charge in [-0.15, -0.1) is 11.3 Å². The van der Waals surface area contributed by atoms with Crippen LogP contribution in [0.4, 0.5) is 4.39 Å². The van der Waals surface area contributed by atoms with Crippen LogP contribution < -0.4 is 5.73 Å². The van der Waals surface area contributed by atoms with Crippen molar-refractivity contribution >= 4 is 22.9 Å². The summed E-state index contributed by atoms with van der Waals surface area (Å²) in [7, 11) is 0. The molecular formula is C13H12ClFN2S. The van der Waals surface area contributed by atoms with Gasteiger partial charge in [0.25, 0.3) is 0 Å². The van der Waals surface area contributed by atoms with E-state index >= 15 is 0 Å². The van der Waals surface area contributed by atoms with E-state index in [1.807, 2.05) is 0 Å². The van der Waals surface area contributed by atoms with Gasteiger partial charge in [-0.05, 0) is 43.0 Å². The molecule has 2 N–H and O–H groups in total. The molecule has 1 aromatic heterocycles. The molecule has 3 rings (SSSR count). The summed E-state index contributed by atoms with van der Waals surface area (Å²) in [5, 5.41) is 1.21. The maximum Gasteiger partial charge on any atom is 0.125 e. The van der Waals surface area contributed by atoms with E-state index < -0.39 is 6.04 Å². The summed E-state index contributed by atoms with van der Waals surface area (Å²) in [6, 6.07) is 4.00. The fourth-order valence-corrected chi connectivity index (χ4v) is 3.65. The fourth-order valence-electron chi connectivity index (χ4n) is 2.24. The van der Waals surface area contributed by atoms with Gasteiger partial charge in [0.2, 0.25) is 0 Å². The lowest BCUT2D eigenvalue weighted by Crippen LogP contribution is -2.12. The molecule has 0 bridgehead atoms.